The van der Waals surface area contributed by atoms with Gasteiger partial charge in [-0.1, -0.05) is 37.5 Å². The summed E-state index contributed by atoms with van der Waals surface area (Å²) in [5, 5.41) is 7.08. The van der Waals surface area contributed by atoms with Crippen molar-refractivity contribution < 1.29 is 4.79 Å². The van der Waals surface area contributed by atoms with Gasteiger partial charge in [-0.2, -0.15) is 0 Å². The molecule has 3 fully saturated rings. The molecule has 2 unspecified atom stereocenters. The summed E-state index contributed by atoms with van der Waals surface area (Å²) >= 11 is 0. The Kier molecular flexibility index (Phi) is 9.29. The maximum atomic E-state index is 12.8. The smallest absolute Gasteiger partial charge is 0.225 e. The van der Waals surface area contributed by atoms with E-state index in [1.807, 2.05) is 7.05 Å². The summed E-state index contributed by atoms with van der Waals surface area (Å²) in [5.74, 6) is 2.14. The van der Waals surface area contributed by atoms with Crippen molar-refractivity contribution in [2.24, 2.45) is 16.8 Å². The van der Waals surface area contributed by atoms with Crippen LogP contribution in [0.2, 0.25) is 0 Å². The van der Waals surface area contributed by atoms with Gasteiger partial charge in [0.05, 0.1) is 0 Å². The van der Waals surface area contributed by atoms with Crippen LogP contribution in [0.1, 0.15) is 44.9 Å². The molecule has 2 saturated heterocycles. The second-order valence-electron chi connectivity index (χ2n) is 9.14. The highest BCUT2D eigenvalue weighted by Gasteiger charge is 2.32. The van der Waals surface area contributed by atoms with Gasteiger partial charge in [0.2, 0.25) is 5.91 Å². The number of guanidine groups is 1. The van der Waals surface area contributed by atoms with Crippen molar-refractivity contribution in [1.82, 2.24) is 15.5 Å². The standard InChI is InChI=1S/C24H37N5O.HI/c1-25-24(26-16-19-12-14-28(17-19)22-10-6-3-7-11-22)27-21-13-15-29(18-21)23(30)20-8-4-2-5-9-20;/h3,6-7,10-11,19-21H,2,4-5,8-9,12-18H2,1H3,(H2,25,26,27);1H. The van der Waals surface area contributed by atoms with E-state index in [-0.39, 0.29) is 29.9 Å². The fourth-order valence-electron chi connectivity index (χ4n) is 5.19. The minimum Gasteiger partial charge on any atom is -0.371 e. The molecule has 0 aromatic heterocycles. The average Bonchev–Trinajstić information content (AvgIpc) is 3.47. The Morgan fingerprint density at radius 3 is 2.55 bits per heavy atom. The molecule has 2 heterocycles. The minimum absolute atomic E-state index is 0. The van der Waals surface area contributed by atoms with Gasteiger partial charge in [-0.3, -0.25) is 9.79 Å². The number of carbonyl (C=O) groups is 1. The number of nitrogens with one attached hydrogen (secondary N) is 2. The Morgan fingerprint density at radius 1 is 1.03 bits per heavy atom. The van der Waals surface area contributed by atoms with E-state index in [0.29, 0.717) is 17.9 Å². The normalized spacial score (nSPS) is 24.7. The van der Waals surface area contributed by atoms with Crippen LogP contribution in [0.3, 0.4) is 0 Å². The van der Waals surface area contributed by atoms with Crippen LogP contribution in [0.25, 0.3) is 0 Å². The molecule has 1 aromatic rings. The largest absolute Gasteiger partial charge is 0.371 e. The van der Waals surface area contributed by atoms with Crippen LogP contribution in [-0.4, -0.2) is 62.6 Å². The van der Waals surface area contributed by atoms with E-state index in [9.17, 15) is 4.79 Å². The topological polar surface area (TPSA) is 60.0 Å². The maximum absolute atomic E-state index is 12.8. The summed E-state index contributed by atoms with van der Waals surface area (Å²) in [7, 11) is 1.83. The third-order valence-corrected chi connectivity index (χ3v) is 6.98. The number of likely N-dealkylation sites (tertiary alicyclic amines) is 1. The van der Waals surface area contributed by atoms with Gasteiger partial charge in [0.25, 0.3) is 0 Å². The zero-order chi connectivity index (χ0) is 20.8. The van der Waals surface area contributed by atoms with Gasteiger partial charge >= 0.3 is 0 Å². The van der Waals surface area contributed by atoms with Gasteiger partial charge in [0.1, 0.15) is 0 Å². The van der Waals surface area contributed by atoms with E-state index in [2.05, 4.69) is 55.8 Å². The van der Waals surface area contributed by atoms with Gasteiger partial charge in [-0.25, -0.2) is 0 Å². The number of carbonyl (C=O) groups excluding carboxylic acids is 1. The molecular formula is C24H38IN5O. The van der Waals surface area contributed by atoms with Gasteiger partial charge in [0, 0.05) is 57.4 Å². The van der Waals surface area contributed by atoms with Gasteiger partial charge in [-0.15, -0.1) is 24.0 Å². The summed E-state index contributed by atoms with van der Waals surface area (Å²) in [6.45, 7) is 4.81. The van der Waals surface area contributed by atoms with Crippen molar-refractivity contribution in [2.45, 2.75) is 51.0 Å². The lowest BCUT2D eigenvalue weighted by Gasteiger charge is -2.26. The second-order valence-corrected chi connectivity index (χ2v) is 9.14. The van der Waals surface area contributed by atoms with Crippen LogP contribution in [0, 0.1) is 11.8 Å². The van der Waals surface area contributed by atoms with E-state index < -0.39 is 0 Å². The van der Waals surface area contributed by atoms with Gasteiger partial charge in [0.15, 0.2) is 5.96 Å². The van der Waals surface area contributed by atoms with Crippen molar-refractivity contribution in [1.29, 1.82) is 0 Å². The van der Waals surface area contributed by atoms with E-state index >= 15 is 0 Å². The minimum atomic E-state index is 0. The van der Waals surface area contributed by atoms with Crippen molar-refractivity contribution in [3.8, 4) is 0 Å². The van der Waals surface area contributed by atoms with Gasteiger partial charge < -0.3 is 20.4 Å². The average molecular weight is 540 g/mol. The molecule has 0 radical (unpaired) electrons. The van der Waals surface area contributed by atoms with E-state index in [1.54, 1.807) is 0 Å². The third-order valence-electron chi connectivity index (χ3n) is 6.98. The molecule has 0 bridgehead atoms. The molecule has 2 N–H and O–H groups in total. The molecule has 1 amide bonds. The third kappa shape index (κ3) is 6.49. The first-order valence-electron chi connectivity index (χ1n) is 11.8. The molecular weight excluding hydrogens is 501 g/mol. The Morgan fingerprint density at radius 2 is 1.81 bits per heavy atom. The summed E-state index contributed by atoms with van der Waals surface area (Å²) < 4.78 is 0. The highest BCUT2D eigenvalue weighted by molar-refractivity contribution is 14.0. The maximum Gasteiger partial charge on any atom is 0.225 e. The Balaban J connectivity index is 0.00000272. The number of para-hydroxylation sites is 1. The molecule has 31 heavy (non-hydrogen) atoms. The lowest BCUT2D eigenvalue weighted by atomic mass is 9.88. The molecule has 1 saturated carbocycles. The van der Waals surface area contributed by atoms with E-state index in [0.717, 1.165) is 57.9 Å². The highest BCUT2D eigenvalue weighted by Crippen LogP contribution is 2.27. The summed E-state index contributed by atoms with van der Waals surface area (Å²) in [5.41, 5.74) is 1.32. The van der Waals surface area contributed by atoms with Crippen molar-refractivity contribution >= 4 is 41.5 Å². The summed E-state index contributed by atoms with van der Waals surface area (Å²) in [6.07, 6.45) is 8.09. The number of amides is 1. The van der Waals surface area contributed by atoms with Crippen molar-refractivity contribution in [3.63, 3.8) is 0 Å². The van der Waals surface area contributed by atoms with Crippen LogP contribution in [0.4, 0.5) is 5.69 Å². The number of hydrogen-bond donors (Lipinski definition) is 2. The predicted octanol–water partition coefficient (Wildman–Crippen LogP) is 3.48. The number of anilines is 1. The summed E-state index contributed by atoms with van der Waals surface area (Å²) in [4.78, 5) is 21.8. The zero-order valence-corrected chi connectivity index (χ0v) is 21.1. The second kappa shape index (κ2) is 11.9. The lowest BCUT2D eigenvalue weighted by molar-refractivity contribution is -0.135. The van der Waals surface area contributed by atoms with Crippen LogP contribution in [0.5, 0.6) is 0 Å². The molecule has 4 rings (SSSR count). The van der Waals surface area contributed by atoms with Crippen LogP contribution in [0.15, 0.2) is 35.3 Å². The molecule has 0 spiro atoms. The zero-order valence-electron chi connectivity index (χ0n) is 18.8. The molecule has 2 aliphatic heterocycles. The number of benzene rings is 1. The van der Waals surface area contributed by atoms with Crippen molar-refractivity contribution in [2.75, 3.05) is 44.7 Å². The first-order chi connectivity index (χ1) is 14.7. The highest BCUT2D eigenvalue weighted by atomic mass is 127. The van der Waals surface area contributed by atoms with Crippen LogP contribution < -0.4 is 15.5 Å². The van der Waals surface area contributed by atoms with Crippen LogP contribution >= 0.6 is 24.0 Å². The monoisotopic (exact) mass is 539 g/mol. The SMILES string of the molecule is CN=C(NCC1CCN(c2ccccc2)C1)NC1CCN(C(=O)C2CCCCC2)C1.I. The van der Waals surface area contributed by atoms with E-state index in [1.165, 1.54) is 31.4 Å². The molecule has 2 atom stereocenters. The predicted molar refractivity (Wildman–Crippen MR) is 138 cm³/mol. The molecule has 7 heteroatoms. The molecule has 3 aliphatic rings. The quantitative estimate of drug-likeness (QED) is 0.342. The lowest BCUT2D eigenvalue weighted by Crippen LogP contribution is -2.46. The number of nitrogens with zero attached hydrogens (tertiary/aromatic N) is 3. The van der Waals surface area contributed by atoms with E-state index in [4.69, 9.17) is 0 Å². The first-order valence-corrected chi connectivity index (χ1v) is 11.8. The Labute approximate surface area is 204 Å². The van der Waals surface area contributed by atoms with Gasteiger partial charge in [-0.05, 0) is 43.7 Å². The molecule has 172 valence electrons. The number of hydrogen-bond acceptors (Lipinski definition) is 3. The number of aliphatic imine (C=N–C) groups is 1. The fraction of sp³-hybridized carbons (Fsp3) is 0.667. The van der Waals surface area contributed by atoms with Crippen LogP contribution in [-0.2, 0) is 4.79 Å². The number of rotatable bonds is 5. The first kappa shape index (κ1) is 24.1. The fourth-order valence-corrected chi connectivity index (χ4v) is 5.19. The Hall–Kier alpha value is -1.51. The number of halogens is 1. The van der Waals surface area contributed by atoms with Crippen molar-refractivity contribution in [3.05, 3.63) is 30.3 Å². The molecule has 1 aliphatic carbocycles. The molecule has 6 nitrogen and oxygen atoms in total. The molecule has 1 aromatic carbocycles. The summed E-state index contributed by atoms with van der Waals surface area (Å²) in [6, 6.07) is 11.0. The Bertz CT molecular complexity index is 722.